The third kappa shape index (κ3) is 4.24. The number of anilines is 1. The lowest BCUT2D eigenvalue weighted by Gasteiger charge is -2.23. The number of nitrogens with one attached hydrogen (secondary N) is 2. The standard InChI is InChI=1S/C15H18F2N2O2/c1-9(20)18-14(10-4-2-3-5-10)15(21)19-13-7-11(16)6-12(17)8-13/h6-8,10,14H,2-5H2,1H3,(H,18,20)(H,19,21). The molecule has 1 fully saturated rings. The van der Waals surface area contributed by atoms with E-state index in [0.29, 0.717) is 0 Å². The van der Waals surface area contributed by atoms with Gasteiger partial charge in [0.1, 0.15) is 17.7 Å². The molecular formula is C15H18F2N2O2. The van der Waals surface area contributed by atoms with Crippen molar-refractivity contribution >= 4 is 17.5 Å². The molecule has 2 amide bonds. The van der Waals surface area contributed by atoms with Crippen LogP contribution in [0, 0.1) is 17.6 Å². The zero-order valence-corrected chi connectivity index (χ0v) is 11.8. The number of rotatable bonds is 4. The summed E-state index contributed by atoms with van der Waals surface area (Å²) in [5.74, 6) is -2.20. The summed E-state index contributed by atoms with van der Waals surface area (Å²) in [6, 6.07) is 2.15. The van der Waals surface area contributed by atoms with Gasteiger partial charge in [0, 0.05) is 18.7 Å². The van der Waals surface area contributed by atoms with E-state index in [1.54, 1.807) is 0 Å². The second-order valence-corrected chi connectivity index (χ2v) is 5.37. The Morgan fingerprint density at radius 3 is 2.24 bits per heavy atom. The van der Waals surface area contributed by atoms with Crippen LogP contribution in [0.25, 0.3) is 0 Å². The fourth-order valence-electron chi connectivity index (χ4n) is 2.75. The van der Waals surface area contributed by atoms with Crippen LogP contribution in [0.15, 0.2) is 18.2 Å². The van der Waals surface area contributed by atoms with Crippen LogP contribution in [0.5, 0.6) is 0 Å². The SMILES string of the molecule is CC(=O)NC(C(=O)Nc1cc(F)cc(F)c1)C1CCCC1. The molecule has 114 valence electrons. The van der Waals surface area contributed by atoms with Crippen molar-refractivity contribution < 1.29 is 18.4 Å². The number of amides is 2. The molecule has 1 aliphatic carbocycles. The first-order valence-corrected chi connectivity index (χ1v) is 7.00. The maximum absolute atomic E-state index is 13.1. The summed E-state index contributed by atoms with van der Waals surface area (Å²) in [6.45, 7) is 1.34. The van der Waals surface area contributed by atoms with E-state index >= 15 is 0 Å². The monoisotopic (exact) mass is 296 g/mol. The lowest BCUT2D eigenvalue weighted by Crippen LogP contribution is -2.47. The minimum atomic E-state index is -0.762. The maximum Gasteiger partial charge on any atom is 0.247 e. The number of hydrogen-bond acceptors (Lipinski definition) is 2. The molecule has 0 aliphatic heterocycles. The lowest BCUT2D eigenvalue weighted by atomic mass is 9.97. The van der Waals surface area contributed by atoms with Crippen LogP contribution in [0.1, 0.15) is 32.6 Å². The lowest BCUT2D eigenvalue weighted by molar-refractivity contribution is -0.126. The normalized spacial score (nSPS) is 16.5. The average molecular weight is 296 g/mol. The van der Waals surface area contributed by atoms with E-state index in [4.69, 9.17) is 0 Å². The Kier molecular flexibility index (Phi) is 4.88. The minimum absolute atomic E-state index is 0.0471. The highest BCUT2D eigenvalue weighted by molar-refractivity contribution is 5.97. The average Bonchev–Trinajstić information content (AvgIpc) is 2.87. The van der Waals surface area contributed by atoms with Gasteiger partial charge in [-0.15, -0.1) is 0 Å². The van der Waals surface area contributed by atoms with E-state index < -0.39 is 23.6 Å². The molecule has 0 aromatic heterocycles. The zero-order valence-electron chi connectivity index (χ0n) is 11.8. The van der Waals surface area contributed by atoms with Crippen LogP contribution in [0.4, 0.5) is 14.5 Å². The molecule has 0 spiro atoms. The summed E-state index contributed by atoms with van der Waals surface area (Å²) < 4.78 is 26.3. The predicted molar refractivity (Wildman–Crippen MR) is 74.6 cm³/mol. The third-order valence-corrected chi connectivity index (χ3v) is 3.64. The zero-order chi connectivity index (χ0) is 15.4. The Bertz CT molecular complexity index is 522. The van der Waals surface area contributed by atoms with E-state index in [9.17, 15) is 18.4 Å². The molecule has 0 radical (unpaired) electrons. The van der Waals surface area contributed by atoms with Crippen molar-refractivity contribution in [2.75, 3.05) is 5.32 Å². The summed E-state index contributed by atoms with van der Waals surface area (Å²) >= 11 is 0. The largest absolute Gasteiger partial charge is 0.344 e. The van der Waals surface area contributed by atoms with Crippen LogP contribution >= 0.6 is 0 Å². The first-order valence-electron chi connectivity index (χ1n) is 7.00. The van der Waals surface area contributed by atoms with E-state index in [2.05, 4.69) is 10.6 Å². The van der Waals surface area contributed by atoms with Gasteiger partial charge in [0.05, 0.1) is 0 Å². The highest BCUT2D eigenvalue weighted by Crippen LogP contribution is 2.28. The first-order chi connectivity index (χ1) is 9.95. The number of carbonyl (C=O) groups excluding carboxylic acids is 2. The molecule has 6 heteroatoms. The summed E-state index contributed by atoms with van der Waals surface area (Å²) in [4.78, 5) is 23.6. The fraction of sp³-hybridized carbons (Fsp3) is 0.467. The number of carbonyl (C=O) groups is 2. The third-order valence-electron chi connectivity index (χ3n) is 3.64. The molecule has 2 rings (SSSR count). The highest BCUT2D eigenvalue weighted by Gasteiger charge is 2.31. The van der Waals surface area contributed by atoms with Crippen LogP contribution in [-0.4, -0.2) is 17.9 Å². The fourth-order valence-corrected chi connectivity index (χ4v) is 2.75. The second-order valence-electron chi connectivity index (χ2n) is 5.37. The molecule has 1 aliphatic rings. The van der Waals surface area contributed by atoms with Gasteiger partial charge in [-0.2, -0.15) is 0 Å². The van der Waals surface area contributed by atoms with Crippen LogP contribution in [-0.2, 0) is 9.59 Å². The molecule has 1 unspecified atom stereocenters. The molecule has 0 saturated heterocycles. The van der Waals surface area contributed by atoms with Gasteiger partial charge < -0.3 is 10.6 Å². The summed E-state index contributed by atoms with van der Waals surface area (Å²) in [5.41, 5.74) is 0.0471. The molecule has 21 heavy (non-hydrogen) atoms. The van der Waals surface area contributed by atoms with Gasteiger partial charge in [-0.3, -0.25) is 9.59 Å². The van der Waals surface area contributed by atoms with E-state index in [1.165, 1.54) is 6.92 Å². The van der Waals surface area contributed by atoms with Gasteiger partial charge in [0.15, 0.2) is 0 Å². The number of hydrogen-bond donors (Lipinski definition) is 2. The Hall–Kier alpha value is -1.98. The Balaban J connectivity index is 2.11. The van der Waals surface area contributed by atoms with E-state index in [-0.39, 0.29) is 17.5 Å². The summed E-state index contributed by atoms with van der Waals surface area (Å²) in [6.07, 6.45) is 3.75. The van der Waals surface area contributed by atoms with E-state index in [1.807, 2.05) is 0 Å². The second kappa shape index (κ2) is 6.65. The molecule has 2 N–H and O–H groups in total. The summed E-state index contributed by atoms with van der Waals surface area (Å²) in [7, 11) is 0. The Morgan fingerprint density at radius 2 is 1.71 bits per heavy atom. The Morgan fingerprint density at radius 1 is 1.14 bits per heavy atom. The molecule has 0 heterocycles. The quantitative estimate of drug-likeness (QED) is 0.897. The van der Waals surface area contributed by atoms with Crippen LogP contribution < -0.4 is 10.6 Å². The van der Waals surface area contributed by atoms with Crippen molar-refractivity contribution in [1.29, 1.82) is 0 Å². The van der Waals surface area contributed by atoms with Gasteiger partial charge in [0.2, 0.25) is 11.8 Å². The smallest absolute Gasteiger partial charge is 0.247 e. The van der Waals surface area contributed by atoms with Crippen molar-refractivity contribution in [3.63, 3.8) is 0 Å². The first kappa shape index (κ1) is 15.4. The van der Waals surface area contributed by atoms with Crippen molar-refractivity contribution in [1.82, 2.24) is 5.32 Å². The molecule has 0 bridgehead atoms. The van der Waals surface area contributed by atoms with Gasteiger partial charge in [-0.1, -0.05) is 12.8 Å². The van der Waals surface area contributed by atoms with Crippen molar-refractivity contribution in [2.24, 2.45) is 5.92 Å². The van der Waals surface area contributed by atoms with Crippen molar-refractivity contribution in [2.45, 2.75) is 38.6 Å². The van der Waals surface area contributed by atoms with E-state index in [0.717, 1.165) is 43.9 Å². The molecule has 1 atom stereocenters. The Labute approximate surface area is 121 Å². The van der Waals surface area contributed by atoms with Crippen LogP contribution in [0.3, 0.4) is 0 Å². The van der Waals surface area contributed by atoms with Gasteiger partial charge >= 0.3 is 0 Å². The van der Waals surface area contributed by atoms with Crippen molar-refractivity contribution in [3.05, 3.63) is 29.8 Å². The minimum Gasteiger partial charge on any atom is -0.344 e. The number of halogens is 2. The van der Waals surface area contributed by atoms with Gasteiger partial charge in [0.25, 0.3) is 0 Å². The van der Waals surface area contributed by atoms with Gasteiger partial charge in [-0.05, 0) is 30.9 Å². The predicted octanol–water partition coefficient (Wildman–Crippen LogP) is 2.60. The van der Waals surface area contributed by atoms with Crippen molar-refractivity contribution in [3.8, 4) is 0 Å². The molecule has 1 saturated carbocycles. The summed E-state index contributed by atoms with van der Waals surface area (Å²) in [5, 5.41) is 5.10. The maximum atomic E-state index is 13.1. The van der Waals surface area contributed by atoms with Gasteiger partial charge in [-0.25, -0.2) is 8.78 Å². The topological polar surface area (TPSA) is 58.2 Å². The molecule has 1 aromatic carbocycles. The number of benzene rings is 1. The molecule has 4 nitrogen and oxygen atoms in total. The highest BCUT2D eigenvalue weighted by atomic mass is 19.1. The molecule has 1 aromatic rings. The molecular weight excluding hydrogens is 278 g/mol. The van der Waals surface area contributed by atoms with Crippen LogP contribution in [0.2, 0.25) is 0 Å².